The molecule has 11 atom stereocenters. The first-order valence-electron chi connectivity index (χ1n) is 13.8. The molecule has 0 amide bonds. The van der Waals surface area contributed by atoms with Crippen LogP contribution < -0.4 is 0 Å². The van der Waals surface area contributed by atoms with Gasteiger partial charge in [-0.1, -0.05) is 39.3 Å². The Labute approximate surface area is 218 Å². The minimum atomic E-state index is -0.722. The van der Waals surface area contributed by atoms with Gasteiger partial charge in [-0.25, -0.2) is 0 Å². The predicted molar refractivity (Wildman–Crippen MR) is 134 cm³/mol. The second-order valence-electron chi connectivity index (χ2n) is 13.3. The van der Waals surface area contributed by atoms with Gasteiger partial charge in [-0.2, -0.15) is 0 Å². The van der Waals surface area contributed by atoms with E-state index in [0.29, 0.717) is 18.9 Å². The highest BCUT2D eigenvalue weighted by Crippen LogP contribution is 2.75. The van der Waals surface area contributed by atoms with Crippen LogP contribution in [0, 0.1) is 33.5 Å². The number of aliphatic hydroxyl groups excluding tert-OH is 1. The molecule has 0 spiro atoms. The van der Waals surface area contributed by atoms with Crippen LogP contribution in [0.25, 0.3) is 0 Å². The third-order valence-corrected chi connectivity index (χ3v) is 11.6. The van der Waals surface area contributed by atoms with Gasteiger partial charge in [0, 0.05) is 42.4 Å². The van der Waals surface area contributed by atoms with E-state index in [2.05, 4.69) is 39.8 Å². The number of aliphatic hydroxyl groups is 1. The van der Waals surface area contributed by atoms with Gasteiger partial charge in [0.25, 0.3) is 0 Å². The monoisotopic (exact) mass is 512 g/mol. The summed E-state index contributed by atoms with van der Waals surface area (Å²) in [4.78, 5) is 24.5. The van der Waals surface area contributed by atoms with Crippen LogP contribution in [0.2, 0.25) is 0 Å². The van der Waals surface area contributed by atoms with Gasteiger partial charge in [0.05, 0.1) is 31.3 Å². The van der Waals surface area contributed by atoms with Gasteiger partial charge in [0.1, 0.15) is 12.2 Å². The van der Waals surface area contributed by atoms with Crippen molar-refractivity contribution in [1.29, 1.82) is 0 Å². The Morgan fingerprint density at radius 2 is 1.78 bits per heavy atom. The lowest BCUT2D eigenvalue weighted by molar-refractivity contribution is -0.262. The molecular formula is C30H40O7. The predicted octanol–water partition coefficient (Wildman–Crippen LogP) is 4.79. The largest absolute Gasteiger partial charge is 0.472 e. The highest BCUT2D eigenvalue weighted by molar-refractivity contribution is 5.67. The molecule has 3 saturated carbocycles. The fraction of sp³-hybridized carbons (Fsp3) is 0.733. The summed E-state index contributed by atoms with van der Waals surface area (Å²) in [5, 5.41) is 12.2. The van der Waals surface area contributed by atoms with E-state index in [4.69, 9.17) is 18.6 Å². The van der Waals surface area contributed by atoms with Crippen LogP contribution in [0.4, 0.5) is 0 Å². The van der Waals surface area contributed by atoms with Crippen molar-refractivity contribution < 1.29 is 33.3 Å². The number of hydrogen-bond donors (Lipinski definition) is 1. The van der Waals surface area contributed by atoms with Gasteiger partial charge in [0.2, 0.25) is 0 Å². The average molecular weight is 513 g/mol. The number of hydrogen-bond acceptors (Lipinski definition) is 7. The zero-order valence-corrected chi connectivity index (χ0v) is 22.8. The van der Waals surface area contributed by atoms with Crippen LogP contribution in [-0.2, 0) is 23.8 Å². The fourth-order valence-electron chi connectivity index (χ4n) is 10.2. The first-order valence-corrected chi connectivity index (χ1v) is 13.8. The molecule has 1 N–H and O–H groups in total. The zero-order valence-electron chi connectivity index (χ0n) is 22.8. The molecule has 202 valence electrons. The number of rotatable bonds is 3. The van der Waals surface area contributed by atoms with E-state index in [9.17, 15) is 14.7 Å². The molecule has 7 heteroatoms. The summed E-state index contributed by atoms with van der Waals surface area (Å²) in [5.41, 5.74) is 0.924. The second-order valence-corrected chi connectivity index (χ2v) is 13.3. The molecule has 4 aliphatic carbocycles. The first kappa shape index (κ1) is 25.2. The van der Waals surface area contributed by atoms with Gasteiger partial charge >= 0.3 is 11.9 Å². The Bertz CT molecular complexity index is 1140. The molecule has 2 heterocycles. The van der Waals surface area contributed by atoms with E-state index in [0.717, 1.165) is 19.3 Å². The van der Waals surface area contributed by atoms with E-state index in [1.807, 2.05) is 6.26 Å². The van der Waals surface area contributed by atoms with Gasteiger partial charge in [-0.15, -0.1) is 0 Å². The number of carbonyl (C=O) groups is 2. The van der Waals surface area contributed by atoms with Crippen LogP contribution >= 0.6 is 0 Å². The Balaban J connectivity index is 1.48. The number of fused-ring (bicyclic) bond motifs is 4. The summed E-state index contributed by atoms with van der Waals surface area (Å²) >= 11 is 0. The van der Waals surface area contributed by atoms with E-state index >= 15 is 0 Å². The third kappa shape index (κ3) is 3.07. The first-order chi connectivity index (χ1) is 17.4. The van der Waals surface area contributed by atoms with Crippen LogP contribution in [0.15, 0.2) is 34.7 Å². The quantitative estimate of drug-likeness (QED) is 0.460. The number of carbonyl (C=O) groups excluding carboxylic acids is 2. The van der Waals surface area contributed by atoms with Gasteiger partial charge < -0.3 is 23.7 Å². The molecule has 1 aromatic heterocycles. The van der Waals surface area contributed by atoms with Crippen molar-refractivity contribution in [3.63, 3.8) is 0 Å². The molecule has 37 heavy (non-hydrogen) atoms. The maximum atomic E-state index is 12.4. The van der Waals surface area contributed by atoms with Crippen molar-refractivity contribution in [2.75, 3.05) is 6.61 Å². The van der Waals surface area contributed by atoms with Crippen molar-refractivity contribution in [3.05, 3.63) is 35.8 Å². The third-order valence-electron chi connectivity index (χ3n) is 11.6. The topological polar surface area (TPSA) is 95.2 Å². The Kier molecular flexibility index (Phi) is 5.41. The SMILES string of the molecule is CC(=O)O[C@H]1C[C@@H](OC(C)=O)[C@@]2(C)CO[C@H]3[C@@H](O)[C@@]4(C)C5=CC[C@@H](c6ccoc6)[C@]5(C)CC[C@@H]4[C@]1(C)[C@@H]32. The lowest BCUT2D eigenvalue weighted by Crippen LogP contribution is -2.73. The van der Waals surface area contributed by atoms with Crippen molar-refractivity contribution >= 4 is 11.9 Å². The molecular weight excluding hydrogens is 472 g/mol. The summed E-state index contributed by atoms with van der Waals surface area (Å²) < 4.78 is 23.9. The molecule has 5 aliphatic rings. The maximum Gasteiger partial charge on any atom is 0.302 e. The number of esters is 2. The molecule has 7 nitrogen and oxygen atoms in total. The van der Waals surface area contributed by atoms with Crippen LogP contribution in [0.3, 0.4) is 0 Å². The summed E-state index contributed by atoms with van der Waals surface area (Å²) in [5.74, 6) is -0.430. The van der Waals surface area contributed by atoms with Gasteiger partial charge in [-0.05, 0) is 48.1 Å². The van der Waals surface area contributed by atoms with Gasteiger partial charge in [0.15, 0.2) is 0 Å². The van der Waals surface area contributed by atoms with Gasteiger partial charge in [-0.3, -0.25) is 9.59 Å². The minimum Gasteiger partial charge on any atom is -0.472 e. The smallest absolute Gasteiger partial charge is 0.302 e. The Morgan fingerprint density at radius 3 is 2.43 bits per heavy atom. The van der Waals surface area contributed by atoms with Crippen molar-refractivity contribution in [2.45, 2.75) is 97.6 Å². The second kappa shape index (κ2) is 7.95. The summed E-state index contributed by atoms with van der Waals surface area (Å²) in [6.45, 7) is 12.2. The standard InChI is InChI=1S/C30H40O7/c1-16(31)36-22-13-23(37-17(2)32)30(6)21-9-11-27(3)19(18-10-12-34-14-18)7-8-20(27)29(21,5)26(33)24-25(30)28(22,4)15-35-24/h8,10,12,14,19,21-26,33H,7,9,11,13,15H2,1-6H3/t19-,21-,22+,23-,24+,25-,26+,27-,28+,29-,30-/m0/s1. The van der Waals surface area contributed by atoms with Crippen LogP contribution in [0.1, 0.15) is 78.7 Å². The van der Waals surface area contributed by atoms with Crippen LogP contribution in [-0.4, -0.2) is 48.1 Å². The Hall–Kier alpha value is -2.12. The van der Waals surface area contributed by atoms with E-state index in [-0.39, 0.29) is 29.2 Å². The summed E-state index contributed by atoms with van der Waals surface area (Å²) in [6.07, 6.45) is 7.14. The van der Waals surface area contributed by atoms with Crippen molar-refractivity contribution in [3.8, 4) is 0 Å². The molecule has 0 bridgehead atoms. The molecule has 0 radical (unpaired) electrons. The fourth-order valence-corrected chi connectivity index (χ4v) is 10.2. The lowest BCUT2D eigenvalue weighted by atomic mass is 9.36. The summed E-state index contributed by atoms with van der Waals surface area (Å²) in [7, 11) is 0. The normalized spacial score (nSPS) is 49.9. The summed E-state index contributed by atoms with van der Waals surface area (Å²) in [6, 6.07) is 2.06. The Morgan fingerprint density at radius 1 is 1.08 bits per heavy atom. The van der Waals surface area contributed by atoms with Crippen LogP contribution in [0.5, 0.6) is 0 Å². The molecule has 6 rings (SSSR count). The number of ether oxygens (including phenoxy) is 3. The zero-order chi connectivity index (χ0) is 26.5. The number of furan rings is 1. The highest BCUT2D eigenvalue weighted by atomic mass is 16.6. The minimum absolute atomic E-state index is 0.0716. The lowest BCUT2D eigenvalue weighted by Gasteiger charge is -2.69. The average Bonchev–Trinajstić information content (AvgIpc) is 3.53. The van der Waals surface area contributed by atoms with Crippen molar-refractivity contribution in [1.82, 2.24) is 0 Å². The molecule has 1 aromatic rings. The van der Waals surface area contributed by atoms with E-state index in [1.54, 1.807) is 6.26 Å². The molecule has 0 unspecified atom stereocenters. The van der Waals surface area contributed by atoms with Crippen molar-refractivity contribution in [2.24, 2.45) is 33.5 Å². The van der Waals surface area contributed by atoms with E-state index in [1.165, 1.54) is 25.0 Å². The highest BCUT2D eigenvalue weighted by Gasteiger charge is 2.77. The maximum absolute atomic E-state index is 12.4. The molecule has 4 fully saturated rings. The molecule has 1 saturated heterocycles. The molecule has 1 aliphatic heterocycles. The number of allylic oxidation sites excluding steroid dienone is 1. The molecule has 0 aromatic carbocycles. The van der Waals surface area contributed by atoms with E-state index < -0.39 is 40.7 Å².